The number of benzene rings is 1. The van der Waals surface area contributed by atoms with Gasteiger partial charge >= 0.3 is 0 Å². The van der Waals surface area contributed by atoms with Gasteiger partial charge in [-0.15, -0.1) is 0 Å². The van der Waals surface area contributed by atoms with Gasteiger partial charge in [-0.2, -0.15) is 0 Å². The van der Waals surface area contributed by atoms with Gasteiger partial charge in [-0.1, -0.05) is 18.2 Å². The van der Waals surface area contributed by atoms with Crippen LogP contribution in [0.3, 0.4) is 0 Å². The van der Waals surface area contributed by atoms with E-state index in [4.69, 9.17) is 10.2 Å². The van der Waals surface area contributed by atoms with Crippen molar-refractivity contribution in [3.8, 4) is 0 Å². The average molecular weight is 246 g/mol. The Hall–Kier alpha value is -1.81. The molecule has 0 radical (unpaired) electrons. The maximum absolute atomic E-state index is 11.8. The zero-order valence-electron chi connectivity index (χ0n) is 10.6. The predicted octanol–water partition coefficient (Wildman–Crippen LogP) is 2.13. The van der Waals surface area contributed by atoms with Gasteiger partial charge in [0.15, 0.2) is 0 Å². The molecule has 18 heavy (non-hydrogen) atoms. The molecule has 0 fully saturated rings. The normalized spacial score (nSPS) is 10.8. The van der Waals surface area contributed by atoms with E-state index in [2.05, 4.69) is 0 Å². The van der Waals surface area contributed by atoms with E-state index in [9.17, 15) is 4.79 Å². The molecule has 0 aliphatic rings. The molecule has 0 bridgehead atoms. The van der Waals surface area contributed by atoms with Crippen LogP contribution in [0.5, 0.6) is 0 Å². The van der Waals surface area contributed by atoms with Crippen molar-refractivity contribution in [1.82, 2.24) is 4.90 Å². The van der Waals surface area contributed by atoms with Gasteiger partial charge in [-0.05, 0) is 19.0 Å². The van der Waals surface area contributed by atoms with Crippen LogP contribution in [0.2, 0.25) is 0 Å². The minimum atomic E-state index is 0.116. The monoisotopic (exact) mass is 246 g/mol. The van der Waals surface area contributed by atoms with E-state index in [-0.39, 0.29) is 5.91 Å². The molecular weight excluding hydrogens is 228 g/mol. The fraction of sp³-hybridized carbons (Fsp3) is 0.357. The summed E-state index contributed by atoms with van der Waals surface area (Å²) in [5.41, 5.74) is 7.29. The topological polar surface area (TPSA) is 59.5 Å². The SMILES string of the molecule is CN(Cc1coc2ccccc12)C(=O)CCCN. The summed E-state index contributed by atoms with van der Waals surface area (Å²) >= 11 is 0. The highest BCUT2D eigenvalue weighted by Gasteiger charge is 2.12. The minimum absolute atomic E-state index is 0.116. The number of carbonyl (C=O) groups is 1. The second kappa shape index (κ2) is 5.69. The fourth-order valence-electron chi connectivity index (χ4n) is 1.94. The lowest BCUT2D eigenvalue weighted by Gasteiger charge is -2.16. The van der Waals surface area contributed by atoms with E-state index in [1.54, 1.807) is 18.2 Å². The van der Waals surface area contributed by atoms with Gasteiger partial charge in [0, 0.05) is 31.0 Å². The summed E-state index contributed by atoms with van der Waals surface area (Å²) in [6.07, 6.45) is 2.95. The molecular formula is C14H18N2O2. The Morgan fingerprint density at radius 2 is 2.17 bits per heavy atom. The van der Waals surface area contributed by atoms with Crippen molar-refractivity contribution in [3.05, 3.63) is 36.1 Å². The molecule has 0 saturated heterocycles. The van der Waals surface area contributed by atoms with Crippen LogP contribution >= 0.6 is 0 Å². The molecule has 1 amide bonds. The van der Waals surface area contributed by atoms with Crippen molar-refractivity contribution >= 4 is 16.9 Å². The Morgan fingerprint density at radius 3 is 2.94 bits per heavy atom. The summed E-state index contributed by atoms with van der Waals surface area (Å²) in [6.45, 7) is 1.12. The predicted molar refractivity (Wildman–Crippen MR) is 71.0 cm³/mol. The summed E-state index contributed by atoms with van der Waals surface area (Å²) in [6, 6.07) is 7.84. The number of nitrogens with two attached hydrogens (primary N) is 1. The van der Waals surface area contributed by atoms with Crippen LogP contribution in [-0.2, 0) is 11.3 Å². The molecule has 1 aromatic heterocycles. The summed E-state index contributed by atoms with van der Waals surface area (Å²) in [7, 11) is 1.81. The molecule has 1 heterocycles. The molecule has 1 aromatic carbocycles. The lowest BCUT2D eigenvalue weighted by Crippen LogP contribution is -2.26. The van der Waals surface area contributed by atoms with Crippen molar-refractivity contribution in [3.63, 3.8) is 0 Å². The molecule has 0 unspecified atom stereocenters. The second-order valence-electron chi connectivity index (χ2n) is 4.40. The highest BCUT2D eigenvalue weighted by molar-refractivity contribution is 5.82. The van der Waals surface area contributed by atoms with Gasteiger partial charge in [-0.3, -0.25) is 4.79 Å². The number of rotatable bonds is 5. The van der Waals surface area contributed by atoms with Crippen LogP contribution in [0.15, 0.2) is 34.9 Å². The molecule has 4 heteroatoms. The summed E-state index contributed by atoms with van der Waals surface area (Å²) in [5.74, 6) is 0.116. The van der Waals surface area contributed by atoms with E-state index in [0.717, 1.165) is 23.0 Å². The van der Waals surface area contributed by atoms with Crippen LogP contribution < -0.4 is 5.73 Å². The van der Waals surface area contributed by atoms with Gasteiger partial charge < -0.3 is 15.1 Å². The van der Waals surface area contributed by atoms with Crippen LogP contribution in [-0.4, -0.2) is 24.4 Å². The second-order valence-corrected chi connectivity index (χ2v) is 4.40. The lowest BCUT2D eigenvalue weighted by atomic mass is 10.1. The van der Waals surface area contributed by atoms with Gasteiger partial charge in [0.2, 0.25) is 5.91 Å². The van der Waals surface area contributed by atoms with Gasteiger partial charge in [-0.25, -0.2) is 0 Å². The lowest BCUT2D eigenvalue weighted by molar-refractivity contribution is -0.130. The maximum Gasteiger partial charge on any atom is 0.222 e. The average Bonchev–Trinajstić information content (AvgIpc) is 2.79. The number of nitrogens with zero attached hydrogens (tertiary/aromatic N) is 1. The molecule has 2 N–H and O–H groups in total. The highest BCUT2D eigenvalue weighted by Crippen LogP contribution is 2.21. The van der Waals surface area contributed by atoms with E-state index in [1.165, 1.54) is 0 Å². The maximum atomic E-state index is 11.8. The number of hydrogen-bond acceptors (Lipinski definition) is 3. The quantitative estimate of drug-likeness (QED) is 0.879. The molecule has 2 aromatic rings. The van der Waals surface area contributed by atoms with Gasteiger partial charge in [0.25, 0.3) is 0 Å². The number of furan rings is 1. The Bertz CT molecular complexity index is 533. The first-order valence-corrected chi connectivity index (χ1v) is 6.11. The van der Waals surface area contributed by atoms with E-state index >= 15 is 0 Å². The Kier molecular flexibility index (Phi) is 3.99. The minimum Gasteiger partial charge on any atom is -0.464 e. The first-order valence-electron chi connectivity index (χ1n) is 6.11. The summed E-state index contributed by atoms with van der Waals surface area (Å²) in [5, 5.41) is 1.07. The van der Waals surface area contributed by atoms with E-state index < -0.39 is 0 Å². The third kappa shape index (κ3) is 2.71. The van der Waals surface area contributed by atoms with E-state index in [0.29, 0.717) is 19.5 Å². The van der Waals surface area contributed by atoms with Crippen molar-refractivity contribution in [2.45, 2.75) is 19.4 Å². The standard InChI is InChI=1S/C14H18N2O2/c1-16(14(17)7-4-8-15)9-11-10-18-13-6-3-2-5-12(11)13/h2-3,5-6,10H,4,7-9,15H2,1H3. The zero-order chi connectivity index (χ0) is 13.0. The van der Waals surface area contributed by atoms with Crippen LogP contribution in [0, 0.1) is 0 Å². The number of para-hydroxylation sites is 1. The first-order chi connectivity index (χ1) is 8.72. The molecule has 96 valence electrons. The molecule has 0 spiro atoms. The molecule has 0 saturated carbocycles. The summed E-state index contributed by atoms with van der Waals surface area (Å²) in [4.78, 5) is 13.5. The van der Waals surface area contributed by atoms with Crippen LogP contribution in [0.25, 0.3) is 11.0 Å². The number of hydrogen-bond donors (Lipinski definition) is 1. The number of amides is 1. The fourth-order valence-corrected chi connectivity index (χ4v) is 1.94. The Morgan fingerprint density at radius 1 is 1.39 bits per heavy atom. The van der Waals surface area contributed by atoms with Gasteiger partial charge in [0.05, 0.1) is 6.26 Å². The molecule has 4 nitrogen and oxygen atoms in total. The van der Waals surface area contributed by atoms with Crippen LogP contribution in [0.4, 0.5) is 0 Å². The smallest absolute Gasteiger partial charge is 0.222 e. The van der Waals surface area contributed by atoms with Crippen molar-refractivity contribution < 1.29 is 9.21 Å². The highest BCUT2D eigenvalue weighted by atomic mass is 16.3. The van der Waals surface area contributed by atoms with Gasteiger partial charge in [0.1, 0.15) is 5.58 Å². The molecule has 0 atom stereocenters. The summed E-state index contributed by atoms with van der Waals surface area (Å²) < 4.78 is 5.45. The third-order valence-corrected chi connectivity index (χ3v) is 2.99. The van der Waals surface area contributed by atoms with Crippen LogP contribution in [0.1, 0.15) is 18.4 Å². The van der Waals surface area contributed by atoms with Crippen molar-refractivity contribution in [1.29, 1.82) is 0 Å². The number of carbonyl (C=O) groups excluding carboxylic acids is 1. The Balaban J connectivity index is 2.07. The Labute approximate surface area is 106 Å². The molecule has 0 aliphatic heterocycles. The molecule has 2 rings (SSSR count). The largest absolute Gasteiger partial charge is 0.464 e. The number of fused-ring (bicyclic) bond motifs is 1. The zero-order valence-corrected chi connectivity index (χ0v) is 10.6. The van der Waals surface area contributed by atoms with E-state index in [1.807, 2.05) is 24.3 Å². The first kappa shape index (κ1) is 12.6. The molecule has 0 aliphatic carbocycles. The van der Waals surface area contributed by atoms with Crippen molar-refractivity contribution in [2.24, 2.45) is 5.73 Å². The third-order valence-electron chi connectivity index (χ3n) is 2.99. The van der Waals surface area contributed by atoms with Crippen molar-refractivity contribution in [2.75, 3.05) is 13.6 Å².